The highest BCUT2D eigenvalue weighted by Gasteiger charge is 2.27. The maximum atomic E-state index is 12.0. The summed E-state index contributed by atoms with van der Waals surface area (Å²) in [4.78, 5) is 14.2. The Morgan fingerprint density at radius 1 is 1.39 bits per heavy atom. The Morgan fingerprint density at radius 2 is 2.11 bits per heavy atom. The first kappa shape index (κ1) is 13.2. The van der Waals surface area contributed by atoms with Crippen LogP contribution in [0, 0.1) is 0 Å². The number of nitrogens with zero attached hydrogens (tertiary/aromatic N) is 1. The maximum Gasteiger partial charge on any atom is 0.164 e. The van der Waals surface area contributed by atoms with E-state index in [0.717, 1.165) is 25.1 Å². The average molecular weight is 247 g/mol. The Kier molecular flexibility index (Phi) is 4.50. The second-order valence-corrected chi connectivity index (χ2v) is 4.95. The highest BCUT2D eigenvalue weighted by Crippen LogP contribution is 2.18. The molecule has 0 radical (unpaired) electrons. The molecule has 2 unspecified atom stereocenters. The third-order valence-electron chi connectivity index (χ3n) is 3.69. The van der Waals surface area contributed by atoms with Gasteiger partial charge >= 0.3 is 0 Å². The summed E-state index contributed by atoms with van der Waals surface area (Å²) in [5, 5.41) is 0. The van der Waals surface area contributed by atoms with E-state index in [1.54, 1.807) is 0 Å². The molecule has 3 heteroatoms. The normalized spacial score (nSPS) is 23.5. The molecule has 0 spiro atoms. The van der Waals surface area contributed by atoms with Crippen LogP contribution in [0.3, 0.4) is 0 Å². The number of carbonyl (C=O) groups excluding carboxylic acids is 1. The minimum absolute atomic E-state index is 0.217. The molecule has 1 heterocycles. The van der Waals surface area contributed by atoms with Crippen LogP contribution in [0.4, 0.5) is 0 Å². The van der Waals surface area contributed by atoms with Crippen molar-refractivity contribution in [2.24, 2.45) is 0 Å². The van der Waals surface area contributed by atoms with Crippen LogP contribution in [0.1, 0.15) is 30.1 Å². The van der Waals surface area contributed by atoms with Gasteiger partial charge < -0.3 is 9.64 Å². The standard InChI is InChI=1S/C15H21NO2/c1-12-14(9-11-18-12)16(2)10-8-15(17)13-6-4-3-5-7-13/h3-7,12,14H,8-11H2,1-2H3. The van der Waals surface area contributed by atoms with E-state index < -0.39 is 0 Å². The topological polar surface area (TPSA) is 29.5 Å². The molecule has 18 heavy (non-hydrogen) atoms. The summed E-state index contributed by atoms with van der Waals surface area (Å²) >= 11 is 0. The highest BCUT2D eigenvalue weighted by molar-refractivity contribution is 5.96. The minimum Gasteiger partial charge on any atom is -0.377 e. The zero-order valence-corrected chi connectivity index (χ0v) is 11.1. The van der Waals surface area contributed by atoms with Gasteiger partial charge in [-0.2, -0.15) is 0 Å². The number of rotatable bonds is 5. The van der Waals surface area contributed by atoms with Crippen molar-refractivity contribution in [3.8, 4) is 0 Å². The van der Waals surface area contributed by atoms with E-state index in [-0.39, 0.29) is 11.9 Å². The number of Topliss-reactive ketones (excluding diaryl/α,β-unsaturated/α-hetero) is 1. The summed E-state index contributed by atoms with van der Waals surface area (Å²) in [5.74, 6) is 0.217. The van der Waals surface area contributed by atoms with Crippen LogP contribution in [-0.2, 0) is 4.74 Å². The Balaban J connectivity index is 1.83. The monoisotopic (exact) mass is 247 g/mol. The smallest absolute Gasteiger partial charge is 0.164 e. The Bertz CT molecular complexity index is 391. The minimum atomic E-state index is 0.217. The molecule has 1 aliphatic heterocycles. The van der Waals surface area contributed by atoms with Crippen LogP contribution in [-0.4, -0.2) is 43.0 Å². The number of carbonyl (C=O) groups is 1. The second-order valence-electron chi connectivity index (χ2n) is 4.95. The van der Waals surface area contributed by atoms with Crippen molar-refractivity contribution in [1.82, 2.24) is 4.90 Å². The third kappa shape index (κ3) is 3.18. The SMILES string of the molecule is CC1OCCC1N(C)CCC(=O)c1ccccc1. The highest BCUT2D eigenvalue weighted by atomic mass is 16.5. The lowest BCUT2D eigenvalue weighted by Crippen LogP contribution is -2.37. The fourth-order valence-electron chi connectivity index (χ4n) is 2.51. The molecule has 2 rings (SSSR count). The van der Waals surface area contributed by atoms with Gasteiger partial charge in [-0.15, -0.1) is 0 Å². The van der Waals surface area contributed by atoms with E-state index in [0.29, 0.717) is 12.5 Å². The van der Waals surface area contributed by atoms with E-state index in [1.165, 1.54) is 0 Å². The molecule has 1 aromatic rings. The molecule has 1 aromatic carbocycles. The van der Waals surface area contributed by atoms with Crippen LogP contribution in [0.25, 0.3) is 0 Å². The van der Waals surface area contributed by atoms with Crippen LogP contribution in [0.5, 0.6) is 0 Å². The van der Waals surface area contributed by atoms with Gasteiger partial charge in [0.1, 0.15) is 0 Å². The largest absolute Gasteiger partial charge is 0.377 e. The number of benzene rings is 1. The van der Waals surface area contributed by atoms with E-state index >= 15 is 0 Å². The van der Waals surface area contributed by atoms with E-state index in [4.69, 9.17) is 4.74 Å². The molecule has 3 nitrogen and oxygen atoms in total. The van der Waals surface area contributed by atoms with Gasteiger partial charge in [0.05, 0.1) is 6.10 Å². The van der Waals surface area contributed by atoms with Crippen LogP contribution >= 0.6 is 0 Å². The maximum absolute atomic E-state index is 12.0. The van der Waals surface area contributed by atoms with Crippen molar-refractivity contribution >= 4 is 5.78 Å². The molecular formula is C15H21NO2. The van der Waals surface area contributed by atoms with Crippen LogP contribution < -0.4 is 0 Å². The van der Waals surface area contributed by atoms with Gasteiger partial charge in [-0.3, -0.25) is 4.79 Å². The van der Waals surface area contributed by atoms with Gasteiger partial charge in [-0.05, 0) is 20.4 Å². The molecule has 1 saturated heterocycles. The molecule has 0 amide bonds. The number of hydrogen-bond acceptors (Lipinski definition) is 3. The predicted octanol–water partition coefficient (Wildman–Crippen LogP) is 2.37. The lowest BCUT2D eigenvalue weighted by molar-refractivity contribution is 0.0793. The van der Waals surface area contributed by atoms with Gasteiger partial charge in [0.25, 0.3) is 0 Å². The lowest BCUT2D eigenvalue weighted by Gasteiger charge is -2.26. The van der Waals surface area contributed by atoms with Crippen LogP contribution in [0.15, 0.2) is 30.3 Å². The molecule has 1 aliphatic rings. The van der Waals surface area contributed by atoms with E-state index in [9.17, 15) is 4.79 Å². The first-order valence-corrected chi connectivity index (χ1v) is 6.58. The number of ether oxygens (including phenoxy) is 1. The molecule has 0 aromatic heterocycles. The summed E-state index contributed by atoms with van der Waals surface area (Å²) < 4.78 is 5.55. The number of ketones is 1. The number of likely N-dealkylation sites (N-methyl/N-ethyl adjacent to an activating group) is 1. The van der Waals surface area contributed by atoms with Crippen molar-refractivity contribution in [2.45, 2.75) is 31.9 Å². The quantitative estimate of drug-likeness (QED) is 0.748. The third-order valence-corrected chi connectivity index (χ3v) is 3.69. The zero-order chi connectivity index (χ0) is 13.0. The molecule has 98 valence electrons. The first-order chi connectivity index (χ1) is 8.68. The van der Waals surface area contributed by atoms with E-state index in [2.05, 4.69) is 18.9 Å². The molecule has 0 N–H and O–H groups in total. The molecule has 0 bridgehead atoms. The summed E-state index contributed by atoms with van der Waals surface area (Å²) in [6, 6.07) is 9.95. The summed E-state index contributed by atoms with van der Waals surface area (Å²) in [6.45, 7) is 3.74. The first-order valence-electron chi connectivity index (χ1n) is 6.58. The van der Waals surface area contributed by atoms with Crippen molar-refractivity contribution < 1.29 is 9.53 Å². The van der Waals surface area contributed by atoms with Gasteiger partial charge in [0.15, 0.2) is 5.78 Å². The fourth-order valence-corrected chi connectivity index (χ4v) is 2.51. The van der Waals surface area contributed by atoms with Crippen molar-refractivity contribution in [3.05, 3.63) is 35.9 Å². The lowest BCUT2D eigenvalue weighted by atomic mass is 10.1. The Hall–Kier alpha value is -1.19. The fraction of sp³-hybridized carbons (Fsp3) is 0.533. The van der Waals surface area contributed by atoms with Crippen molar-refractivity contribution in [3.63, 3.8) is 0 Å². The summed E-state index contributed by atoms with van der Waals surface area (Å²) in [7, 11) is 2.08. The molecular weight excluding hydrogens is 226 g/mol. The molecule has 1 fully saturated rings. The van der Waals surface area contributed by atoms with Gasteiger partial charge in [-0.1, -0.05) is 30.3 Å². The molecule has 2 atom stereocenters. The Morgan fingerprint density at radius 3 is 2.72 bits per heavy atom. The van der Waals surface area contributed by atoms with Gasteiger partial charge in [-0.25, -0.2) is 0 Å². The Labute approximate surface area is 109 Å². The molecule has 0 saturated carbocycles. The molecule has 0 aliphatic carbocycles. The second kappa shape index (κ2) is 6.12. The summed E-state index contributed by atoms with van der Waals surface area (Å²) in [5.41, 5.74) is 0.807. The number of hydrogen-bond donors (Lipinski definition) is 0. The van der Waals surface area contributed by atoms with Gasteiger partial charge in [0, 0.05) is 31.2 Å². The average Bonchev–Trinajstić information content (AvgIpc) is 2.83. The summed E-state index contributed by atoms with van der Waals surface area (Å²) in [6.07, 6.45) is 1.92. The van der Waals surface area contributed by atoms with Crippen LogP contribution in [0.2, 0.25) is 0 Å². The van der Waals surface area contributed by atoms with E-state index in [1.807, 2.05) is 30.3 Å². The van der Waals surface area contributed by atoms with Crippen molar-refractivity contribution in [1.29, 1.82) is 0 Å². The van der Waals surface area contributed by atoms with Gasteiger partial charge in [0.2, 0.25) is 0 Å². The zero-order valence-electron chi connectivity index (χ0n) is 11.1. The van der Waals surface area contributed by atoms with Crippen molar-refractivity contribution in [2.75, 3.05) is 20.2 Å². The predicted molar refractivity (Wildman–Crippen MR) is 71.8 cm³/mol.